The molecule has 0 aliphatic rings. The van der Waals surface area contributed by atoms with Gasteiger partial charge in [0.25, 0.3) is 5.91 Å². The summed E-state index contributed by atoms with van der Waals surface area (Å²) in [6, 6.07) is 18.3. The maximum atomic E-state index is 13.5. The smallest absolute Gasteiger partial charge is 0.256 e. The number of ether oxygens (including phenoxy) is 2. The minimum absolute atomic E-state index is 0.347. The molecule has 0 radical (unpaired) electrons. The van der Waals surface area contributed by atoms with Crippen molar-refractivity contribution in [3.63, 3.8) is 0 Å². The lowest BCUT2D eigenvalue weighted by molar-refractivity contribution is 0.102. The van der Waals surface area contributed by atoms with Gasteiger partial charge in [-0.05, 0) is 24.3 Å². The molecule has 0 saturated heterocycles. The first kappa shape index (κ1) is 22.5. The SMILES string of the molecule is COc1cc(OC)c(NC(=O)c2cc(-c3ccccc3)nc3c2cnn3Cc2ccco2)cc1Cl. The number of halogens is 1. The van der Waals surface area contributed by atoms with E-state index >= 15 is 0 Å². The molecule has 1 N–H and O–H groups in total. The Labute approximate surface area is 206 Å². The molecule has 0 bridgehead atoms. The maximum Gasteiger partial charge on any atom is 0.256 e. The summed E-state index contributed by atoms with van der Waals surface area (Å²) >= 11 is 6.30. The third-order valence-electron chi connectivity index (χ3n) is 5.53. The van der Waals surface area contributed by atoms with Crippen LogP contribution in [0.2, 0.25) is 5.02 Å². The molecule has 0 spiro atoms. The van der Waals surface area contributed by atoms with Crippen molar-refractivity contribution in [2.24, 2.45) is 0 Å². The average Bonchev–Trinajstić information content (AvgIpc) is 3.54. The lowest BCUT2D eigenvalue weighted by atomic mass is 10.1. The van der Waals surface area contributed by atoms with E-state index in [0.717, 1.165) is 11.3 Å². The van der Waals surface area contributed by atoms with Crippen molar-refractivity contribution in [2.45, 2.75) is 6.54 Å². The number of hydrogen-bond donors (Lipinski definition) is 1. The number of aromatic nitrogens is 3. The van der Waals surface area contributed by atoms with Crippen LogP contribution in [0.1, 0.15) is 16.1 Å². The highest BCUT2D eigenvalue weighted by Crippen LogP contribution is 2.36. The molecule has 8 nitrogen and oxygen atoms in total. The van der Waals surface area contributed by atoms with Crippen molar-refractivity contribution >= 4 is 34.2 Å². The van der Waals surface area contributed by atoms with Gasteiger partial charge in [0.2, 0.25) is 0 Å². The Bertz CT molecular complexity index is 1500. The number of pyridine rings is 1. The van der Waals surface area contributed by atoms with Gasteiger partial charge in [-0.1, -0.05) is 41.9 Å². The van der Waals surface area contributed by atoms with E-state index in [2.05, 4.69) is 10.4 Å². The maximum absolute atomic E-state index is 13.5. The number of carbonyl (C=O) groups excluding carboxylic acids is 1. The first-order valence-electron chi connectivity index (χ1n) is 10.7. The Balaban J connectivity index is 1.60. The number of methoxy groups -OCH3 is 2. The predicted molar refractivity (Wildman–Crippen MR) is 133 cm³/mol. The molecule has 2 aromatic carbocycles. The van der Waals surface area contributed by atoms with Crippen LogP contribution in [0.5, 0.6) is 11.5 Å². The summed E-state index contributed by atoms with van der Waals surface area (Å²) in [5, 5.41) is 8.34. The van der Waals surface area contributed by atoms with Crippen LogP contribution >= 0.6 is 11.6 Å². The van der Waals surface area contributed by atoms with Gasteiger partial charge >= 0.3 is 0 Å². The second kappa shape index (κ2) is 9.52. The van der Waals surface area contributed by atoms with Gasteiger partial charge in [-0.3, -0.25) is 4.79 Å². The van der Waals surface area contributed by atoms with E-state index in [9.17, 15) is 4.79 Å². The highest BCUT2D eigenvalue weighted by molar-refractivity contribution is 6.32. The monoisotopic (exact) mass is 488 g/mol. The first-order chi connectivity index (χ1) is 17.1. The second-order valence-electron chi connectivity index (χ2n) is 7.68. The number of fused-ring (bicyclic) bond motifs is 1. The minimum atomic E-state index is -0.355. The lowest BCUT2D eigenvalue weighted by Gasteiger charge is -2.14. The Hall–Kier alpha value is -4.30. The van der Waals surface area contributed by atoms with Gasteiger partial charge in [0.1, 0.15) is 23.8 Å². The van der Waals surface area contributed by atoms with E-state index in [1.807, 2.05) is 42.5 Å². The molecule has 9 heteroatoms. The molecule has 5 aromatic rings. The minimum Gasteiger partial charge on any atom is -0.495 e. The number of rotatable bonds is 7. The second-order valence-corrected chi connectivity index (χ2v) is 8.09. The number of hydrogen-bond acceptors (Lipinski definition) is 6. The summed E-state index contributed by atoms with van der Waals surface area (Å²) in [6.07, 6.45) is 3.24. The van der Waals surface area contributed by atoms with E-state index in [-0.39, 0.29) is 5.91 Å². The third-order valence-corrected chi connectivity index (χ3v) is 5.83. The number of carbonyl (C=O) groups is 1. The van der Waals surface area contributed by atoms with Crippen LogP contribution < -0.4 is 14.8 Å². The summed E-state index contributed by atoms with van der Waals surface area (Å²) in [4.78, 5) is 18.4. The zero-order valence-electron chi connectivity index (χ0n) is 19.0. The molecule has 0 aliphatic heterocycles. The number of nitrogens with one attached hydrogen (secondary N) is 1. The summed E-state index contributed by atoms with van der Waals surface area (Å²) in [7, 11) is 3.02. The van der Waals surface area contributed by atoms with Crippen molar-refractivity contribution in [2.75, 3.05) is 19.5 Å². The van der Waals surface area contributed by atoms with Crippen LogP contribution in [0.3, 0.4) is 0 Å². The van der Waals surface area contributed by atoms with Crippen LogP contribution in [0.25, 0.3) is 22.3 Å². The van der Waals surface area contributed by atoms with Crippen LogP contribution in [0.15, 0.2) is 77.5 Å². The van der Waals surface area contributed by atoms with E-state index < -0.39 is 0 Å². The van der Waals surface area contributed by atoms with Crippen molar-refractivity contribution in [1.82, 2.24) is 14.8 Å². The van der Waals surface area contributed by atoms with Crippen molar-refractivity contribution in [1.29, 1.82) is 0 Å². The van der Waals surface area contributed by atoms with Crippen LogP contribution in [0, 0.1) is 0 Å². The Morgan fingerprint density at radius 2 is 1.86 bits per heavy atom. The molecule has 176 valence electrons. The van der Waals surface area contributed by atoms with Crippen molar-refractivity contribution in [3.05, 3.63) is 89.5 Å². The van der Waals surface area contributed by atoms with Gasteiger partial charge in [-0.15, -0.1) is 0 Å². The van der Waals surface area contributed by atoms with Crippen molar-refractivity contribution in [3.8, 4) is 22.8 Å². The first-order valence-corrected chi connectivity index (χ1v) is 11.1. The average molecular weight is 489 g/mol. The summed E-state index contributed by atoms with van der Waals surface area (Å²) in [5.74, 6) is 1.23. The molecule has 1 amide bonds. The van der Waals surface area contributed by atoms with Gasteiger partial charge in [0.15, 0.2) is 5.65 Å². The summed E-state index contributed by atoms with van der Waals surface area (Å²) < 4.78 is 17.9. The van der Waals surface area contributed by atoms with Crippen LogP contribution in [-0.2, 0) is 6.54 Å². The number of amides is 1. The number of benzene rings is 2. The molecule has 3 heterocycles. The highest BCUT2D eigenvalue weighted by Gasteiger charge is 2.20. The van der Waals surface area contributed by atoms with Crippen LogP contribution in [0.4, 0.5) is 5.69 Å². The third kappa shape index (κ3) is 4.43. The quantitative estimate of drug-likeness (QED) is 0.317. The molecule has 0 atom stereocenters. The van der Waals surface area contributed by atoms with Gasteiger partial charge in [0, 0.05) is 11.6 Å². The number of furan rings is 1. The van der Waals surface area contributed by atoms with Gasteiger partial charge in [0.05, 0.1) is 54.0 Å². The molecule has 0 aliphatic carbocycles. The summed E-state index contributed by atoms with van der Waals surface area (Å²) in [6.45, 7) is 0.380. The van der Waals surface area contributed by atoms with E-state index in [1.165, 1.54) is 14.2 Å². The fraction of sp³-hybridized carbons (Fsp3) is 0.115. The molecular formula is C26H21ClN4O4. The van der Waals surface area contributed by atoms with E-state index in [1.54, 1.807) is 35.3 Å². The van der Waals surface area contributed by atoms with Crippen molar-refractivity contribution < 1.29 is 18.7 Å². The molecule has 35 heavy (non-hydrogen) atoms. The number of nitrogens with zero attached hydrogens (tertiary/aromatic N) is 3. The largest absolute Gasteiger partial charge is 0.495 e. The molecule has 0 fully saturated rings. The fourth-order valence-corrected chi connectivity index (χ4v) is 4.05. The Morgan fingerprint density at radius 1 is 1.06 bits per heavy atom. The van der Waals surface area contributed by atoms with Gasteiger partial charge < -0.3 is 19.2 Å². The topological polar surface area (TPSA) is 91.4 Å². The van der Waals surface area contributed by atoms with E-state index in [4.69, 9.17) is 30.5 Å². The molecule has 5 rings (SSSR count). The Morgan fingerprint density at radius 3 is 2.57 bits per heavy atom. The number of anilines is 1. The Kier molecular flexibility index (Phi) is 6.12. The normalized spacial score (nSPS) is 10.9. The summed E-state index contributed by atoms with van der Waals surface area (Å²) in [5.41, 5.74) is 2.90. The van der Waals surface area contributed by atoms with Gasteiger partial charge in [-0.25, -0.2) is 9.67 Å². The van der Waals surface area contributed by atoms with E-state index in [0.29, 0.717) is 51.0 Å². The molecule has 3 aromatic heterocycles. The van der Waals surface area contributed by atoms with Crippen LogP contribution in [-0.4, -0.2) is 34.9 Å². The predicted octanol–water partition coefficient (Wildman–Crippen LogP) is 5.66. The molecular weight excluding hydrogens is 468 g/mol. The highest BCUT2D eigenvalue weighted by atomic mass is 35.5. The lowest BCUT2D eigenvalue weighted by Crippen LogP contribution is -2.14. The fourth-order valence-electron chi connectivity index (χ4n) is 3.81. The zero-order valence-corrected chi connectivity index (χ0v) is 19.7. The molecule has 0 unspecified atom stereocenters. The molecule has 0 saturated carbocycles. The standard InChI is InChI=1S/C26H21ClN4O4/c1-33-23-13-24(34-2)22(12-20(23)27)30-26(32)18-11-21(16-7-4-3-5-8-16)29-25-19(18)14-28-31(25)15-17-9-6-10-35-17/h3-14H,15H2,1-2H3,(H,30,32). The zero-order chi connectivity index (χ0) is 24.4. The van der Waals surface area contributed by atoms with Gasteiger partial charge in [-0.2, -0.15) is 5.10 Å².